The van der Waals surface area contributed by atoms with Crippen molar-refractivity contribution < 1.29 is 9.18 Å². The molecule has 0 spiro atoms. The smallest absolute Gasteiger partial charge is 0.219 e. The molecule has 4 rings (SSSR count). The SMILES string of the molecule is CC(=O)N1CCC(N2CCC[C@@H](N3CCN(c4ccc(F)cc4)CC3)C2)CC1. The van der Waals surface area contributed by atoms with Crippen molar-refractivity contribution in [3.8, 4) is 0 Å². The second kappa shape index (κ2) is 8.78. The van der Waals surface area contributed by atoms with Gasteiger partial charge >= 0.3 is 0 Å². The third-order valence-electron chi connectivity index (χ3n) is 6.88. The summed E-state index contributed by atoms with van der Waals surface area (Å²) in [5.74, 6) is 0.0489. The van der Waals surface area contributed by atoms with Gasteiger partial charge in [0.05, 0.1) is 0 Å². The average Bonchev–Trinajstić information content (AvgIpc) is 2.75. The molecule has 154 valence electrons. The summed E-state index contributed by atoms with van der Waals surface area (Å²) >= 11 is 0. The summed E-state index contributed by atoms with van der Waals surface area (Å²) in [6.07, 6.45) is 4.80. The van der Waals surface area contributed by atoms with Gasteiger partial charge in [0.15, 0.2) is 0 Å². The second-order valence-electron chi connectivity index (χ2n) is 8.53. The fourth-order valence-electron chi connectivity index (χ4n) is 5.16. The number of carbonyl (C=O) groups is 1. The first-order valence-electron chi connectivity index (χ1n) is 10.8. The van der Waals surface area contributed by atoms with Gasteiger partial charge in [-0.25, -0.2) is 4.39 Å². The number of piperazine rings is 1. The Bertz CT molecular complexity index is 651. The van der Waals surface area contributed by atoms with Crippen LogP contribution in [0.2, 0.25) is 0 Å². The molecule has 1 atom stereocenters. The standard InChI is InChI=1S/C22H33FN4O/c1-18(28)24-11-8-21(9-12-24)27-10-2-3-22(17-27)26-15-13-25(14-16-26)20-6-4-19(23)5-7-20/h4-7,21-22H,2-3,8-17H2,1H3/t22-/m1/s1. The van der Waals surface area contributed by atoms with Crippen molar-refractivity contribution in [2.45, 2.75) is 44.7 Å². The maximum atomic E-state index is 13.2. The van der Waals surface area contributed by atoms with Gasteiger partial charge in [-0.2, -0.15) is 0 Å². The lowest BCUT2D eigenvalue weighted by Crippen LogP contribution is -2.57. The van der Waals surface area contributed by atoms with Gasteiger partial charge < -0.3 is 9.80 Å². The first-order valence-corrected chi connectivity index (χ1v) is 10.8. The topological polar surface area (TPSA) is 30.0 Å². The molecule has 1 aromatic carbocycles. The van der Waals surface area contributed by atoms with E-state index in [0.717, 1.165) is 57.8 Å². The number of rotatable bonds is 3. The van der Waals surface area contributed by atoms with Crippen LogP contribution >= 0.6 is 0 Å². The summed E-state index contributed by atoms with van der Waals surface area (Å²) in [6, 6.07) is 8.17. The highest BCUT2D eigenvalue weighted by Crippen LogP contribution is 2.25. The molecule has 3 aliphatic rings. The Hall–Kier alpha value is -1.66. The molecule has 0 aromatic heterocycles. The van der Waals surface area contributed by atoms with Crippen LogP contribution in [0, 0.1) is 5.82 Å². The molecular formula is C22H33FN4O. The number of halogens is 1. The van der Waals surface area contributed by atoms with E-state index < -0.39 is 0 Å². The van der Waals surface area contributed by atoms with Gasteiger partial charge in [0.25, 0.3) is 0 Å². The van der Waals surface area contributed by atoms with Gasteiger partial charge in [-0.1, -0.05) is 0 Å². The molecule has 28 heavy (non-hydrogen) atoms. The predicted octanol–water partition coefficient (Wildman–Crippen LogP) is 2.42. The molecule has 1 aromatic rings. The van der Waals surface area contributed by atoms with Crippen LogP contribution in [0.4, 0.5) is 10.1 Å². The molecule has 3 heterocycles. The Labute approximate surface area is 168 Å². The number of likely N-dealkylation sites (tertiary alicyclic amines) is 2. The van der Waals surface area contributed by atoms with E-state index >= 15 is 0 Å². The van der Waals surface area contributed by atoms with E-state index in [1.807, 2.05) is 17.0 Å². The average molecular weight is 389 g/mol. The molecule has 3 saturated heterocycles. The number of hydrogen-bond acceptors (Lipinski definition) is 4. The minimum absolute atomic E-state index is 0.168. The molecule has 0 radical (unpaired) electrons. The number of hydrogen-bond donors (Lipinski definition) is 0. The van der Waals surface area contributed by atoms with Gasteiger partial charge in [0, 0.05) is 70.5 Å². The summed E-state index contributed by atoms with van der Waals surface area (Å²) in [6.45, 7) is 10.1. The minimum atomic E-state index is -0.168. The molecule has 5 nitrogen and oxygen atoms in total. The Kier molecular flexibility index (Phi) is 6.16. The van der Waals surface area contributed by atoms with Crippen molar-refractivity contribution in [2.75, 3.05) is 57.3 Å². The van der Waals surface area contributed by atoms with Crippen molar-refractivity contribution >= 4 is 11.6 Å². The lowest BCUT2D eigenvalue weighted by atomic mass is 9.96. The summed E-state index contributed by atoms with van der Waals surface area (Å²) in [5.41, 5.74) is 1.13. The van der Waals surface area contributed by atoms with Crippen molar-refractivity contribution in [3.63, 3.8) is 0 Å². The Balaban J connectivity index is 1.27. The summed E-state index contributed by atoms with van der Waals surface area (Å²) in [5, 5.41) is 0. The molecule has 6 heteroatoms. The van der Waals surface area contributed by atoms with E-state index in [1.54, 1.807) is 19.1 Å². The second-order valence-corrected chi connectivity index (χ2v) is 8.53. The Morgan fingerprint density at radius 1 is 0.857 bits per heavy atom. The van der Waals surface area contributed by atoms with Crippen LogP contribution in [-0.4, -0.2) is 85.0 Å². The quantitative estimate of drug-likeness (QED) is 0.796. The van der Waals surface area contributed by atoms with Crippen LogP contribution in [0.25, 0.3) is 0 Å². The molecule has 0 aliphatic carbocycles. The van der Waals surface area contributed by atoms with Gasteiger partial charge in [0.2, 0.25) is 5.91 Å². The van der Waals surface area contributed by atoms with Crippen LogP contribution in [0.1, 0.15) is 32.6 Å². The van der Waals surface area contributed by atoms with Crippen molar-refractivity contribution in [3.05, 3.63) is 30.1 Å². The zero-order chi connectivity index (χ0) is 19.5. The maximum absolute atomic E-state index is 13.2. The largest absolute Gasteiger partial charge is 0.369 e. The fraction of sp³-hybridized carbons (Fsp3) is 0.682. The van der Waals surface area contributed by atoms with Crippen LogP contribution in [-0.2, 0) is 4.79 Å². The van der Waals surface area contributed by atoms with Gasteiger partial charge in [-0.05, 0) is 56.5 Å². The van der Waals surface area contributed by atoms with E-state index in [9.17, 15) is 9.18 Å². The summed E-state index contributed by atoms with van der Waals surface area (Å²) in [4.78, 5) is 21.3. The van der Waals surface area contributed by atoms with Crippen molar-refractivity contribution in [1.82, 2.24) is 14.7 Å². The summed E-state index contributed by atoms with van der Waals surface area (Å²) < 4.78 is 13.2. The molecule has 0 bridgehead atoms. The van der Waals surface area contributed by atoms with Crippen LogP contribution < -0.4 is 4.90 Å². The molecule has 3 fully saturated rings. The third-order valence-corrected chi connectivity index (χ3v) is 6.88. The summed E-state index contributed by atoms with van der Waals surface area (Å²) in [7, 11) is 0. The van der Waals surface area contributed by atoms with Gasteiger partial charge in [0.1, 0.15) is 5.82 Å². The van der Waals surface area contributed by atoms with Crippen LogP contribution in [0.15, 0.2) is 24.3 Å². The number of benzene rings is 1. The molecule has 0 saturated carbocycles. The Morgan fingerprint density at radius 2 is 1.54 bits per heavy atom. The highest BCUT2D eigenvalue weighted by molar-refractivity contribution is 5.73. The normalized spacial score (nSPS) is 25.9. The zero-order valence-corrected chi connectivity index (χ0v) is 17.0. The van der Waals surface area contributed by atoms with Gasteiger partial charge in [-0.15, -0.1) is 0 Å². The highest BCUT2D eigenvalue weighted by Gasteiger charge is 2.32. The molecular weight excluding hydrogens is 355 g/mol. The molecule has 3 aliphatic heterocycles. The van der Waals surface area contributed by atoms with E-state index in [0.29, 0.717) is 12.1 Å². The van der Waals surface area contributed by atoms with Crippen LogP contribution in [0.5, 0.6) is 0 Å². The maximum Gasteiger partial charge on any atom is 0.219 e. The monoisotopic (exact) mass is 388 g/mol. The van der Waals surface area contributed by atoms with Crippen molar-refractivity contribution in [1.29, 1.82) is 0 Å². The van der Waals surface area contributed by atoms with E-state index in [1.165, 1.54) is 25.9 Å². The lowest BCUT2D eigenvalue weighted by Gasteiger charge is -2.47. The van der Waals surface area contributed by atoms with E-state index in [4.69, 9.17) is 0 Å². The molecule has 1 amide bonds. The molecule has 0 N–H and O–H groups in total. The number of amides is 1. The lowest BCUT2D eigenvalue weighted by molar-refractivity contribution is -0.130. The zero-order valence-electron chi connectivity index (χ0n) is 17.0. The minimum Gasteiger partial charge on any atom is -0.369 e. The first-order chi connectivity index (χ1) is 13.6. The molecule has 0 unspecified atom stereocenters. The predicted molar refractivity (Wildman–Crippen MR) is 110 cm³/mol. The van der Waals surface area contributed by atoms with E-state index in [-0.39, 0.29) is 11.7 Å². The number of piperidine rings is 2. The number of anilines is 1. The van der Waals surface area contributed by atoms with Crippen molar-refractivity contribution in [2.24, 2.45) is 0 Å². The fourth-order valence-corrected chi connectivity index (χ4v) is 5.16. The number of nitrogens with zero attached hydrogens (tertiary/aromatic N) is 4. The first kappa shape index (κ1) is 19.6. The highest BCUT2D eigenvalue weighted by atomic mass is 19.1. The van der Waals surface area contributed by atoms with Crippen LogP contribution in [0.3, 0.4) is 0 Å². The third kappa shape index (κ3) is 4.49. The Morgan fingerprint density at radius 3 is 2.18 bits per heavy atom. The van der Waals surface area contributed by atoms with Gasteiger partial charge in [-0.3, -0.25) is 14.6 Å². The van der Waals surface area contributed by atoms with E-state index in [2.05, 4.69) is 14.7 Å². The number of carbonyl (C=O) groups excluding carboxylic acids is 1.